The van der Waals surface area contributed by atoms with Gasteiger partial charge in [-0.3, -0.25) is 4.79 Å². The molecule has 1 aromatic rings. The third kappa shape index (κ3) is 3.08. The largest absolute Gasteiger partial charge is 0.480 e. The molecule has 1 aliphatic rings. The fraction of sp³-hybridized carbons (Fsp3) is 0.385. The Balaban J connectivity index is 2.51. The van der Waals surface area contributed by atoms with Crippen LogP contribution < -0.4 is 0 Å². The molecule has 1 atom stereocenters. The van der Waals surface area contributed by atoms with E-state index in [4.69, 9.17) is 16.7 Å². The Morgan fingerprint density at radius 3 is 2.50 bits per heavy atom. The molecule has 120 valence electrons. The Labute approximate surface area is 132 Å². The van der Waals surface area contributed by atoms with E-state index in [1.54, 1.807) is 0 Å². The van der Waals surface area contributed by atoms with Crippen LogP contribution in [0.15, 0.2) is 23.1 Å². The monoisotopic (exact) mass is 347 g/mol. The molecule has 7 nitrogen and oxygen atoms in total. The first kappa shape index (κ1) is 16.7. The molecule has 1 unspecified atom stereocenters. The molecule has 0 saturated carbocycles. The van der Waals surface area contributed by atoms with Crippen LogP contribution in [0.4, 0.5) is 0 Å². The number of rotatable bonds is 4. The average Bonchev–Trinajstić information content (AvgIpc) is 2.47. The minimum absolute atomic E-state index is 0.0624. The maximum atomic E-state index is 12.7. The molecule has 9 heteroatoms. The van der Waals surface area contributed by atoms with E-state index in [1.807, 2.05) is 0 Å². The van der Waals surface area contributed by atoms with Gasteiger partial charge in [0.2, 0.25) is 10.0 Å². The van der Waals surface area contributed by atoms with Crippen molar-refractivity contribution in [1.82, 2.24) is 4.31 Å². The summed E-state index contributed by atoms with van der Waals surface area (Å²) in [6, 6.07) is 2.16. The summed E-state index contributed by atoms with van der Waals surface area (Å²) in [6.07, 6.45) is 1.37. The fourth-order valence-corrected chi connectivity index (χ4v) is 4.55. The molecular weight excluding hydrogens is 334 g/mol. The van der Waals surface area contributed by atoms with E-state index in [9.17, 15) is 23.1 Å². The van der Waals surface area contributed by atoms with Crippen molar-refractivity contribution in [3.8, 4) is 0 Å². The van der Waals surface area contributed by atoms with Crippen molar-refractivity contribution in [2.45, 2.75) is 30.2 Å². The van der Waals surface area contributed by atoms with E-state index in [2.05, 4.69) is 0 Å². The maximum absolute atomic E-state index is 12.7. The standard InChI is InChI=1S/C13H14ClNO6S/c14-9-5-4-8(12(16)17)7-11(9)22(20,21)15-6-2-1-3-10(15)13(18)19/h4-5,7,10H,1-3,6H2,(H,16,17)(H,18,19). The Kier molecular flexibility index (Phi) is 4.74. The summed E-state index contributed by atoms with van der Waals surface area (Å²) >= 11 is 5.89. The summed E-state index contributed by atoms with van der Waals surface area (Å²) in [6.45, 7) is 0.0624. The number of carboxylic acids is 2. The predicted octanol–water partition coefficient (Wildman–Crippen LogP) is 1.67. The first-order chi connectivity index (χ1) is 10.2. The summed E-state index contributed by atoms with van der Waals surface area (Å²) in [5, 5.41) is 18.0. The minimum atomic E-state index is -4.19. The highest BCUT2D eigenvalue weighted by Crippen LogP contribution is 2.30. The Bertz CT molecular complexity index is 717. The van der Waals surface area contributed by atoms with Gasteiger partial charge in [0.25, 0.3) is 0 Å². The van der Waals surface area contributed by atoms with Crippen molar-refractivity contribution in [2.75, 3.05) is 6.54 Å². The highest BCUT2D eigenvalue weighted by molar-refractivity contribution is 7.89. The smallest absolute Gasteiger partial charge is 0.335 e. The van der Waals surface area contributed by atoms with Crippen LogP contribution in [0.3, 0.4) is 0 Å². The van der Waals surface area contributed by atoms with Crippen LogP contribution in [-0.4, -0.2) is 47.5 Å². The number of aromatic carboxylic acids is 1. The zero-order valence-electron chi connectivity index (χ0n) is 11.4. The number of halogens is 1. The lowest BCUT2D eigenvalue weighted by Crippen LogP contribution is -2.47. The summed E-state index contributed by atoms with van der Waals surface area (Å²) in [5.74, 6) is -2.52. The Morgan fingerprint density at radius 1 is 1.23 bits per heavy atom. The van der Waals surface area contributed by atoms with Gasteiger partial charge in [-0.2, -0.15) is 4.31 Å². The second-order valence-electron chi connectivity index (χ2n) is 4.92. The molecule has 1 heterocycles. The van der Waals surface area contributed by atoms with Crippen LogP contribution in [0.2, 0.25) is 5.02 Å². The van der Waals surface area contributed by atoms with Crippen molar-refractivity contribution in [3.63, 3.8) is 0 Å². The van der Waals surface area contributed by atoms with Crippen LogP contribution in [0.1, 0.15) is 29.6 Å². The van der Waals surface area contributed by atoms with Crippen LogP contribution >= 0.6 is 11.6 Å². The van der Waals surface area contributed by atoms with Crippen molar-refractivity contribution in [3.05, 3.63) is 28.8 Å². The zero-order valence-corrected chi connectivity index (χ0v) is 13.0. The molecule has 0 amide bonds. The molecular formula is C13H14ClNO6S. The highest BCUT2D eigenvalue weighted by atomic mass is 35.5. The SMILES string of the molecule is O=C(O)c1ccc(Cl)c(S(=O)(=O)N2CCCCC2C(=O)O)c1. The lowest BCUT2D eigenvalue weighted by Gasteiger charge is -2.32. The number of hydrogen-bond acceptors (Lipinski definition) is 4. The number of benzene rings is 1. The summed E-state index contributed by atoms with van der Waals surface area (Å²) in [4.78, 5) is 21.9. The van der Waals surface area contributed by atoms with Crippen molar-refractivity contribution in [1.29, 1.82) is 0 Å². The van der Waals surface area contributed by atoms with Crippen LogP contribution in [0, 0.1) is 0 Å². The number of aliphatic carboxylic acids is 1. The summed E-state index contributed by atoms with van der Waals surface area (Å²) in [7, 11) is -4.19. The van der Waals surface area contributed by atoms with Crippen LogP contribution in [0.25, 0.3) is 0 Å². The van der Waals surface area contributed by atoms with Gasteiger partial charge in [0, 0.05) is 6.54 Å². The molecule has 1 aliphatic heterocycles. The van der Waals surface area contributed by atoms with Crippen molar-refractivity contribution >= 4 is 33.6 Å². The third-order valence-corrected chi connectivity index (χ3v) is 5.89. The number of sulfonamides is 1. The van der Waals surface area contributed by atoms with Gasteiger partial charge in [-0.1, -0.05) is 11.6 Å². The lowest BCUT2D eigenvalue weighted by atomic mass is 10.1. The fourth-order valence-electron chi connectivity index (χ4n) is 2.40. The molecule has 0 aromatic heterocycles. The molecule has 1 fully saturated rings. The number of carboxylic acid groups (broad SMARTS) is 2. The van der Waals surface area contributed by atoms with E-state index in [0.717, 1.165) is 10.4 Å². The van der Waals surface area contributed by atoms with Gasteiger partial charge in [-0.15, -0.1) is 0 Å². The van der Waals surface area contributed by atoms with E-state index >= 15 is 0 Å². The first-order valence-electron chi connectivity index (χ1n) is 6.52. The molecule has 22 heavy (non-hydrogen) atoms. The molecule has 0 radical (unpaired) electrons. The number of carbonyl (C=O) groups is 2. The quantitative estimate of drug-likeness (QED) is 0.856. The van der Waals surface area contributed by atoms with Crippen molar-refractivity contribution < 1.29 is 28.2 Å². The van der Waals surface area contributed by atoms with Gasteiger partial charge in [0.1, 0.15) is 10.9 Å². The number of piperidine rings is 1. The highest BCUT2D eigenvalue weighted by Gasteiger charge is 2.38. The van der Waals surface area contributed by atoms with E-state index < -0.39 is 28.0 Å². The molecule has 0 spiro atoms. The first-order valence-corrected chi connectivity index (χ1v) is 8.34. The molecule has 2 N–H and O–H groups in total. The van der Waals surface area contributed by atoms with E-state index in [0.29, 0.717) is 12.8 Å². The van der Waals surface area contributed by atoms with E-state index in [-0.39, 0.29) is 28.4 Å². The molecule has 0 aliphatic carbocycles. The average molecular weight is 348 g/mol. The summed E-state index contributed by atoms with van der Waals surface area (Å²) in [5.41, 5.74) is -0.230. The normalized spacial score (nSPS) is 19.8. The number of nitrogens with zero attached hydrogens (tertiary/aromatic N) is 1. The van der Waals surface area contributed by atoms with Crippen LogP contribution in [-0.2, 0) is 14.8 Å². The molecule has 1 saturated heterocycles. The van der Waals surface area contributed by atoms with E-state index in [1.165, 1.54) is 12.1 Å². The van der Waals surface area contributed by atoms with Gasteiger partial charge in [0.05, 0.1) is 10.6 Å². The number of hydrogen-bond donors (Lipinski definition) is 2. The Morgan fingerprint density at radius 2 is 1.91 bits per heavy atom. The van der Waals surface area contributed by atoms with Crippen LogP contribution in [0.5, 0.6) is 0 Å². The maximum Gasteiger partial charge on any atom is 0.335 e. The second kappa shape index (κ2) is 6.23. The van der Waals surface area contributed by atoms with Crippen molar-refractivity contribution in [2.24, 2.45) is 0 Å². The van der Waals surface area contributed by atoms with Gasteiger partial charge in [0.15, 0.2) is 0 Å². The lowest BCUT2D eigenvalue weighted by molar-refractivity contribution is -0.142. The summed E-state index contributed by atoms with van der Waals surface area (Å²) < 4.78 is 26.2. The van der Waals surface area contributed by atoms with Gasteiger partial charge < -0.3 is 10.2 Å². The third-order valence-electron chi connectivity index (χ3n) is 3.50. The minimum Gasteiger partial charge on any atom is -0.480 e. The zero-order chi connectivity index (χ0) is 16.5. The second-order valence-corrected chi connectivity index (χ2v) is 7.18. The van der Waals surface area contributed by atoms with Gasteiger partial charge >= 0.3 is 11.9 Å². The molecule has 0 bridgehead atoms. The topological polar surface area (TPSA) is 112 Å². The molecule has 1 aromatic carbocycles. The van der Waals surface area contributed by atoms with Gasteiger partial charge in [-0.25, -0.2) is 13.2 Å². The molecule has 2 rings (SSSR count). The van der Waals surface area contributed by atoms with Gasteiger partial charge in [-0.05, 0) is 37.5 Å². The Hall–Kier alpha value is -1.64. The predicted molar refractivity (Wildman–Crippen MR) is 77.6 cm³/mol.